The van der Waals surface area contributed by atoms with Gasteiger partial charge in [-0.15, -0.1) is 0 Å². The third kappa shape index (κ3) is 9.97. The van der Waals surface area contributed by atoms with Crippen LogP contribution in [0.5, 0.6) is 5.75 Å². The highest BCUT2D eigenvalue weighted by molar-refractivity contribution is 5.94. The van der Waals surface area contributed by atoms with Crippen LogP contribution in [0.25, 0.3) is 0 Å². The summed E-state index contributed by atoms with van der Waals surface area (Å²) >= 11 is 0. The molecule has 240 valence electrons. The Balaban J connectivity index is 2.02. The van der Waals surface area contributed by atoms with Gasteiger partial charge in [-0.05, 0) is 84.1 Å². The number of aliphatic hydroxyl groups is 1. The zero-order chi connectivity index (χ0) is 32.7. The van der Waals surface area contributed by atoms with E-state index in [4.69, 9.17) is 9.47 Å². The topological polar surface area (TPSA) is 154 Å². The Morgan fingerprint density at radius 3 is 2.05 bits per heavy atom. The van der Waals surface area contributed by atoms with E-state index in [1.807, 2.05) is 30.3 Å². The van der Waals surface area contributed by atoms with Gasteiger partial charge in [-0.3, -0.25) is 9.59 Å². The first kappa shape index (κ1) is 34.4. The number of carbonyl (C=O) groups is 4. The number of esters is 1. The first-order chi connectivity index (χ1) is 20.6. The third-order valence-corrected chi connectivity index (χ3v) is 6.90. The largest absolute Gasteiger partial charge is 0.508 e. The van der Waals surface area contributed by atoms with Crippen LogP contribution in [0.3, 0.4) is 0 Å². The summed E-state index contributed by atoms with van der Waals surface area (Å²) < 4.78 is 10.9. The fraction of sp³-hybridized carbons (Fsp3) is 0.515. The smallest absolute Gasteiger partial charge is 0.408 e. The minimum Gasteiger partial charge on any atom is -0.508 e. The molecule has 2 aromatic rings. The molecular weight excluding hydrogens is 566 g/mol. The number of amides is 3. The molecule has 0 saturated heterocycles. The maximum atomic E-state index is 14.3. The second kappa shape index (κ2) is 14.6. The van der Waals surface area contributed by atoms with Gasteiger partial charge in [0.2, 0.25) is 11.8 Å². The molecule has 0 bridgehead atoms. The summed E-state index contributed by atoms with van der Waals surface area (Å²) in [6.45, 7) is 9.44. The number of phenolic OH excluding ortho intramolecular Hbond substituents is 1. The zero-order valence-electron chi connectivity index (χ0n) is 26.3. The lowest BCUT2D eigenvalue weighted by molar-refractivity contribution is -0.159. The van der Waals surface area contributed by atoms with Crippen LogP contribution in [-0.4, -0.2) is 74.9 Å². The van der Waals surface area contributed by atoms with Gasteiger partial charge >= 0.3 is 12.1 Å². The molecule has 3 amide bonds. The molecule has 11 nitrogen and oxygen atoms in total. The Morgan fingerprint density at radius 1 is 0.886 bits per heavy atom. The van der Waals surface area contributed by atoms with Crippen molar-refractivity contribution in [3.05, 3.63) is 65.7 Å². The van der Waals surface area contributed by atoms with Crippen molar-refractivity contribution >= 4 is 23.9 Å². The third-order valence-electron chi connectivity index (χ3n) is 6.90. The van der Waals surface area contributed by atoms with E-state index in [2.05, 4.69) is 10.6 Å². The van der Waals surface area contributed by atoms with Gasteiger partial charge in [0.25, 0.3) is 0 Å². The van der Waals surface area contributed by atoms with Crippen molar-refractivity contribution in [3.63, 3.8) is 0 Å². The molecule has 1 aliphatic carbocycles. The summed E-state index contributed by atoms with van der Waals surface area (Å²) in [6.07, 6.45) is 1.20. The van der Waals surface area contributed by atoms with Gasteiger partial charge in [0.1, 0.15) is 35.1 Å². The number of phenols is 1. The van der Waals surface area contributed by atoms with E-state index in [0.29, 0.717) is 18.4 Å². The molecule has 44 heavy (non-hydrogen) atoms. The number of aromatic hydroxyl groups is 1. The Morgan fingerprint density at radius 2 is 1.52 bits per heavy atom. The molecule has 0 heterocycles. The normalized spacial score (nSPS) is 15.6. The number of hydrogen-bond donors (Lipinski definition) is 4. The van der Waals surface area contributed by atoms with Crippen molar-refractivity contribution in [2.24, 2.45) is 0 Å². The number of alkyl carbamates (subject to hydrolysis) is 1. The zero-order valence-corrected chi connectivity index (χ0v) is 26.3. The van der Waals surface area contributed by atoms with Gasteiger partial charge in [-0.2, -0.15) is 0 Å². The van der Waals surface area contributed by atoms with Crippen LogP contribution in [-0.2, 0) is 30.3 Å². The number of nitrogens with zero attached hydrogens (tertiary/aromatic N) is 1. The molecule has 3 unspecified atom stereocenters. The van der Waals surface area contributed by atoms with Crippen LogP contribution in [0, 0.1) is 0 Å². The van der Waals surface area contributed by atoms with Crippen molar-refractivity contribution in [2.75, 3.05) is 6.61 Å². The van der Waals surface area contributed by atoms with E-state index >= 15 is 0 Å². The average Bonchev–Trinajstić information content (AvgIpc) is 2.88. The van der Waals surface area contributed by atoms with E-state index in [-0.39, 0.29) is 12.2 Å². The van der Waals surface area contributed by atoms with Gasteiger partial charge in [0, 0.05) is 12.5 Å². The maximum absolute atomic E-state index is 14.3. The Bertz CT molecular complexity index is 1300. The number of hydrogen-bond acceptors (Lipinski definition) is 8. The van der Waals surface area contributed by atoms with Gasteiger partial charge in [-0.25, -0.2) is 9.59 Å². The summed E-state index contributed by atoms with van der Waals surface area (Å²) in [5.41, 5.74) is -0.595. The molecule has 3 atom stereocenters. The number of nitrogens with one attached hydrogen (secondary N) is 2. The fourth-order valence-electron chi connectivity index (χ4n) is 4.80. The van der Waals surface area contributed by atoms with Crippen molar-refractivity contribution in [1.29, 1.82) is 0 Å². The van der Waals surface area contributed by atoms with Crippen LogP contribution in [0.2, 0.25) is 0 Å². The number of ether oxygens (including phenoxy) is 2. The minimum atomic E-state index is -1.41. The first-order valence-electron chi connectivity index (χ1n) is 14.9. The van der Waals surface area contributed by atoms with E-state index in [1.54, 1.807) is 53.7 Å². The van der Waals surface area contributed by atoms with Gasteiger partial charge in [0.15, 0.2) is 0 Å². The summed E-state index contributed by atoms with van der Waals surface area (Å²) in [5, 5.41) is 25.7. The van der Waals surface area contributed by atoms with Gasteiger partial charge < -0.3 is 35.2 Å². The summed E-state index contributed by atoms with van der Waals surface area (Å²) in [4.78, 5) is 55.6. The van der Waals surface area contributed by atoms with Crippen molar-refractivity contribution in [2.45, 2.75) is 103 Å². The van der Waals surface area contributed by atoms with E-state index in [9.17, 15) is 29.4 Å². The maximum Gasteiger partial charge on any atom is 0.408 e. The van der Waals surface area contributed by atoms with Crippen LogP contribution in [0.15, 0.2) is 54.6 Å². The second-order valence-corrected chi connectivity index (χ2v) is 13.0. The molecule has 1 fully saturated rings. The number of carbonyl (C=O) groups excluding carboxylic acids is 4. The summed E-state index contributed by atoms with van der Waals surface area (Å²) in [5.74, 6) is -2.16. The lowest BCUT2D eigenvalue weighted by Gasteiger charge is -2.43. The van der Waals surface area contributed by atoms with E-state index < -0.39 is 65.9 Å². The van der Waals surface area contributed by atoms with Crippen LogP contribution in [0.1, 0.15) is 78.0 Å². The van der Waals surface area contributed by atoms with Crippen molar-refractivity contribution in [1.82, 2.24) is 15.5 Å². The summed E-state index contributed by atoms with van der Waals surface area (Å²) in [7, 11) is 0. The average molecular weight is 612 g/mol. The Kier molecular flexibility index (Phi) is 11.4. The molecule has 1 saturated carbocycles. The van der Waals surface area contributed by atoms with Gasteiger partial charge in [0.05, 0.1) is 6.61 Å². The molecule has 0 radical (unpaired) electrons. The highest BCUT2D eigenvalue weighted by Crippen LogP contribution is 2.35. The molecule has 2 aromatic carbocycles. The number of rotatable bonds is 11. The highest BCUT2D eigenvalue weighted by atomic mass is 16.6. The predicted octanol–water partition coefficient (Wildman–Crippen LogP) is 3.77. The van der Waals surface area contributed by atoms with Crippen molar-refractivity contribution in [3.8, 4) is 5.75 Å². The van der Waals surface area contributed by atoms with Crippen LogP contribution < -0.4 is 10.6 Å². The fourth-order valence-corrected chi connectivity index (χ4v) is 4.80. The van der Waals surface area contributed by atoms with Crippen LogP contribution in [0.4, 0.5) is 4.79 Å². The standard InChI is InChI=1S/C33H45N3O8/c1-32(2,3)43-30(41)25(18-21-12-8-7-9-13-21)34-28(39)27(22-14-10-17-24(38)19-22)36(23-15-11-16-23)29(40)26(20-37)35-31(42)44-33(4,5)6/h7-10,12-14,17,19,23,25-27,37-38H,11,15-16,18,20H2,1-6H3,(H,34,39)(H,35,42). The van der Waals surface area contributed by atoms with E-state index in [1.165, 1.54) is 17.0 Å². The Labute approximate surface area is 258 Å². The second-order valence-electron chi connectivity index (χ2n) is 13.0. The predicted molar refractivity (Wildman–Crippen MR) is 163 cm³/mol. The molecule has 11 heteroatoms. The molecule has 3 rings (SSSR count). The first-order valence-corrected chi connectivity index (χ1v) is 14.9. The lowest BCUT2D eigenvalue weighted by atomic mass is 9.88. The molecule has 0 aromatic heterocycles. The van der Waals surface area contributed by atoms with Crippen LogP contribution >= 0.6 is 0 Å². The molecule has 1 aliphatic rings. The minimum absolute atomic E-state index is 0.125. The Hall–Kier alpha value is -4.12. The highest BCUT2D eigenvalue weighted by Gasteiger charge is 2.43. The lowest BCUT2D eigenvalue weighted by Crippen LogP contribution is -2.59. The molecule has 0 aliphatic heterocycles. The SMILES string of the molecule is CC(C)(C)OC(=O)NC(CO)C(=O)N(C1CCC1)C(C(=O)NC(Cc1ccccc1)C(=O)OC(C)(C)C)c1cccc(O)c1. The monoisotopic (exact) mass is 611 g/mol. The van der Waals surface area contributed by atoms with Gasteiger partial charge in [-0.1, -0.05) is 42.5 Å². The molecule has 0 spiro atoms. The molecular formula is C33H45N3O8. The van der Waals surface area contributed by atoms with E-state index in [0.717, 1.165) is 12.0 Å². The number of aliphatic hydroxyl groups excluding tert-OH is 1. The molecule has 4 N–H and O–H groups in total. The van der Waals surface area contributed by atoms with Crippen molar-refractivity contribution < 1.29 is 38.9 Å². The summed E-state index contributed by atoms with van der Waals surface area (Å²) in [6, 6.07) is 10.9. The quantitative estimate of drug-likeness (QED) is 0.280. The number of benzene rings is 2.